The molecule has 7 heteroatoms. The third-order valence-electron chi connectivity index (χ3n) is 4.28. The lowest BCUT2D eigenvalue weighted by molar-refractivity contribution is -0.137. The Labute approximate surface area is 158 Å². The normalized spacial score (nSPS) is 11.5. The largest absolute Gasteiger partial charge is 0.416 e. The molecule has 4 nitrogen and oxygen atoms in total. The quantitative estimate of drug-likeness (QED) is 0.492. The third kappa shape index (κ3) is 3.59. The van der Waals surface area contributed by atoms with Crippen molar-refractivity contribution in [3.63, 3.8) is 0 Å². The van der Waals surface area contributed by atoms with Gasteiger partial charge in [-0.1, -0.05) is 12.1 Å². The Hall–Kier alpha value is -3.61. The standard InChI is InChI=1S/C21H14F3N3O/c22-21(23,24)15-9-5-14(6-10-15)20(28)25-16-11-7-13(8-12-16)19-26-17-3-1-2-4-18(17)27-19/h1-12H,(H,25,28)(H,26,27). The van der Waals surface area contributed by atoms with Crippen molar-refractivity contribution in [2.24, 2.45) is 0 Å². The minimum absolute atomic E-state index is 0.148. The van der Waals surface area contributed by atoms with Crippen LogP contribution in [0.5, 0.6) is 0 Å². The van der Waals surface area contributed by atoms with Gasteiger partial charge in [0.25, 0.3) is 5.91 Å². The van der Waals surface area contributed by atoms with Crippen LogP contribution in [0, 0.1) is 0 Å². The van der Waals surface area contributed by atoms with E-state index in [1.165, 1.54) is 0 Å². The summed E-state index contributed by atoms with van der Waals surface area (Å²) in [5.74, 6) is 0.229. The fraction of sp³-hybridized carbons (Fsp3) is 0.0476. The molecule has 1 heterocycles. The monoisotopic (exact) mass is 381 g/mol. The summed E-state index contributed by atoms with van der Waals surface area (Å²) in [6.45, 7) is 0. The summed E-state index contributed by atoms with van der Waals surface area (Å²) in [4.78, 5) is 20.0. The maximum Gasteiger partial charge on any atom is 0.416 e. The lowest BCUT2D eigenvalue weighted by atomic mass is 10.1. The number of carbonyl (C=O) groups excluding carboxylic acids is 1. The van der Waals surface area contributed by atoms with Crippen molar-refractivity contribution in [1.29, 1.82) is 0 Å². The van der Waals surface area contributed by atoms with Crippen LogP contribution in [-0.4, -0.2) is 15.9 Å². The first kappa shape index (κ1) is 17.8. The molecule has 0 radical (unpaired) electrons. The van der Waals surface area contributed by atoms with Crippen LogP contribution in [0.1, 0.15) is 15.9 Å². The number of benzene rings is 3. The zero-order chi connectivity index (χ0) is 19.7. The summed E-state index contributed by atoms with van der Waals surface area (Å²) in [7, 11) is 0. The predicted molar refractivity (Wildman–Crippen MR) is 101 cm³/mol. The number of halogens is 3. The molecule has 0 aliphatic heterocycles. The van der Waals surface area contributed by atoms with Crippen molar-refractivity contribution in [3.05, 3.63) is 83.9 Å². The molecule has 0 fully saturated rings. The zero-order valence-corrected chi connectivity index (χ0v) is 14.4. The first-order valence-electron chi connectivity index (χ1n) is 8.44. The highest BCUT2D eigenvalue weighted by Crippen LogP contribution is 2.29. The van der Waals surface area contributed by atoms with Crippen LogP contribution >= 0.6 is 0 Å². The molecular weight excluding hydrogens is 367 g/mol. The third-order valence-corrected chi connectivity index (χ3v) is 4.28. The highest BCUT2D eigenvalue weighted by atomic mass is 19.4. The summed E-state index contributed by atoms with van der Waals surface area (Å²) in [5, 5.41) is 2.67. The molecule has 0 aliphatic carbocycles. The van der Waals surface area contributed by atoms with Crippen LogP contribution in [0.25, 0.3) is 22.4 Å². The number of aromatic nitrogens is 2. The molecule has 0 aliphatic rings. The fourth-order valence-electron chi connectivity index (χ4n) is 2.81. The number of carbonyl (C=O) groups is 1. The van der Waals surface area contributed by atoms with Gasteiger partial charge in [-0.15, -0.1) is 0 Å². The van der Waals surface area contributed by atoms with Gasteiger partial charge in [-0.2, -0.15) is 13.2 Å². The number of H-pyrrole nitrogens is 1. The van der Waals surface area contributed by atoms with Crippen LogP contribution in [0.3, 0.4) is 0 Å². The molecule has 0 atom stereocenters. The van der Waals surface area contributed by atoms with E-state index in [1.54, 1.807) is 24.3 Å². The number of imidazole rings is 1. The Kier molecular flexibility index (Phi) is 4.35. The number of amides is 1. The summed E-state index contributed by atoms with van der Waals surface area (Å²) in [6.07, 6.45) is -4.43. The van der Waals surface area contributed by atoms with Crippen LogP contribution in [0.4, 0.5) is 18.9 Å². The molecule has 0 spiro atoms. The summed E-state index contributed by atoms with van der Waals surface area (Å²) >= 11 is 0. The van der Waals surface area contributed by atoms with E-state index in [0.717, 1.165) is 40.9 Å². The van der Waals surface area contributed by atoms with Crippen LogP contribution in [0.15, 0.2) is 72.8 Å². The van der Waals surface area contributed by atoms with Gasteiger partial charge in [0.05, 0.1) is 16.6 Å². The average Bonchev–Trinajstić information content (AvgIpc) is 3.12. The van der Waals surface area contributed by atoms with Gasteiger partial charge in [0.1, 0.15) is 5.82 Å². The highest BCUT2D eigenvalue weighted by Gasteiger charge is 2.30. The average molecular weight is 381 g/mol. The van der Waals surface area contributed by atoms with E-state index < -0.39 is 17.6 Å². The number of para-hydroxylation sites is 2. The van der Waals surface area contributed by atoms with Gasteiger partial charge < -0.3 is 10.3 Å². The van der Waals surface area contributed by atoms with Crippen LogP contribution in [-0.2, 0) is 6.18 Å². The van der Waals surface area contributed by atoms with Crippen molar-refractivity contribution in [1.82, 2.24) is 9.97 Å². The molecule has 3 aromatic carbocycles. The number of hydrogen-bond acceptors (Lipinski definition) is 2. The van der Waals surface area contributed by atoms with Crippen molar-refractivity contribution >= 4 is 22.6 Å². The first-order chi connectivity index (χ1) is 13.4. The number of rotatable bonds is 3. The van der Waals surface area contributed by atoms with Crippen LogP contribution in [0.2, 0.25) is 0 Å². The van der Waals surface area contributed by atoms with Crippen LogP contribution < -0.4 is 5.32 Å². The van der Waals surface area contributed by atoms with E-state index in [1.807, 2.05) is 24.3 Å². The highest BCUT2D eigenvalue weighted by molar-refractivity contribution is 6.04. The lowest BCUT2D eigenvalue weighted by Crippen LogP contribution is -2.12. The van der Waals surface area contributed by atoms with Gasteiger partial charge >= 0.3 is 6.18 Å². The number of nitrogens with zero attached hydrogens (tertiary/aromatic N) is 1. The van der Waals surface area contributed by atoms with Gasteiger partial charge in [0.2, 0.25) is 0 Å². The molecule has 0 bridgehead atoms. The second-order valence-corrected chi connectivity index (χ2v) is 6.21. The van der Waals surface area contributed by atoms with Crippen molar-refractivity contribution in [2.75, 3.05) is 5.32 Å². The molecule has 4 aromatic rings. The van der Waals surface area contributed by atoms with Gasteiger partial charge in [-0.25, -0.2) is 4.98 Å². The molecule has 0 saturated carbocycles. The summed E-state index contributed by atoms with van der Waals surface area (Å²) < 4.78 is 37.8. The minimum atomic E-state index is -4.43. The molecule has 0 unspecified atom stereocenters. The van der Waals surface area contributed by atoms with E-state index in [0.29, 0.717) is 11.5 Å². The number of anilines is 1. The zero-order valence-electron chi connectivity index (χ0n) is 14.4. The lowest BCUT2D eigenvalue weighted by Gasteiger charge is -2.08. The Bertz CT molecular complexity index is 1100. The van der Waals surface area contributed by atoms with Gasteiger partial charge in [-0.05, 0) is 60.7 Å². The van der Waals surface area contributed by atoms with Gasteiger partial charge in [-0.3, -0.25) is 4.79 Å². The predicted octanol–water partition coefficient (Wildman–Crippen LogP) is 5.50. The molecule has 1 aromatic heterocycles. The number of aromatic amines is 1. The van der Waals surface area contributed by atoms with E-state index in [-0.39, 0.29) is 5.56 Å². The molecule has 0 saturated heterocycles. The fourth-order valence-corrected chi connectivity index (χ4v) is 2.81. The Morgan fingerprint density at radius 1 is 0.893 bits per heavy atom. The number of hydrogen-bond donors (Lipinski definition) is 2. The smallest absolute Gasteiger partial charge is 0.338 e. The minimum Gasteiger partial charge on any atom is -0.338 e. The Morgan fingerprint density at radius 3 is 2.21 bits per heavy atom. The second kappa shape index (κ2) is 6.84. The molecular formula is C21H14F3N3O. The van der Waals surface area contributed by atoms with Gasteiger partial charge in [0, 0.05) is 16.8 Å². The van der Waals surface area contributed by atoms with Crippen molar-refractivity contribution in [3.8, 4) is 11.4 Å². The van der Waals surface area contributed by atoms with Crippen molar-refractivity contribution in [2.45, 2.75) is 6.18 Å². The molecule has 1 amide bonds. The number of alkyl halides is 3. The van der Waals surface area contributed by atoms with E-state index >= 15 is 0 Å². The molecule has 28 heavy (non-hydrogen) atoms. The second-order valence-electron chi connectivity index (χ2n) is 6.21. The summed E-state index contributed by atoms with van der Waals surface area (Å²) in [5.41, 5.74) is 2.52. The van der Waals surface area contributed by atoms with E-state index in [2.05, 4.69) is 15.3 Å². The molecule has 140 valence electrons. The van der Waals surface area contributed by atoms with Crippen molar-refractivity contribution < 1.29 is 18.0 Å². The topological polar surface area (TPSA) is 57.8 Å². The van der Waals surface area contributed by atoms with E-state index in [9.17, 15) is 18.0 Å². The number of fused-ring (bicyclic) bond motifs is 1. The first-order valence-corrected chi connectivity index (χ1v) is 8.44. The van der Waals surface area contributed by atoms with Gasteiger partial charge in [0.15, 0.2) is 0 Å². The maximum absolute atomic E-state index is 12.6. The Balaban J connectivity index is 1.49. The maximum atomic E-state index is 12.6. The molecule has 4 rings (SSSR count). The number of nitrogens with one attached hydrogen (secondary N) is 2. The SMILES string of the molecule is O=C(Nc1ccc(-c2nc3ccccc3[nH]2)cc1)c1ccc(C(F)(F)F)cc1. The molecule has 2 N–H and O–H groups in total. The Morgan fingerprint density at radius 2 is 1.57 bits per heavy atom. The summed E-state index contributed by atoms with van der Waals surface area (Å²) in [6, 6.07) is 18.8. The van der Waals surface area contributed by atoms with E-state index in [4.69, 9.17) is 0 Å².